The minimum Gasteiger partial charge on any atom is -0.491 e. The lowest BCUT2D eigenvalue weighted by atomic mass is 10.0. The van der Waals surface area contributed by atoms with Crippen molar-refractivity contribution in [3.05, 3.63) is 58.2 Å². The van der Waals surface area contributed by atoms with Gasteiger partial charge in [0.15, 0.2) is 0 Å². The molecule has 176 valence electrons. The Morgan fingerprint density at radius 2 is 1.88 bits per heavy atom. The second kappa shape index (κ2) is 8.42. The van der Waals surface area contributed by atoms with Crippen LogP contribution < -0.4 is 4.74 Å². The van der Waals surface area contributed by atoms with Gasteiger partial charge in [-0.1, -0.05) is 23.2 Å². The van der Waals surface area contributed by atoms with E-state index in [0.29, 0.717) is 40.4 Å². The average Bonchev–Trinajstić information content (AvgIpc) is 3.06. The third-order valence-electron chi connectivity index (χ3n) is 5.37. The number of hydrogen-bond acceptors (Lipinski definition) is 5. The molecule has 4 rings (SSSR count). The maximum absolute atomic E-state index is 13.4. The van der Waals surface area contributed by atoms with E-state index in [0.717, 1.165) is 0 Å². The number of carbonyl (C=O) groups is 1. The van der Waals surface area contributed by atoms with Crippen molar-refractivity contribution in [2.45, 2.75) is 44.2 Å². The van der Waals surface area contributed by atoms with Crippen LogP contribution in [0, 0.1) is 0 Å². The van der Waals surface area contributed by atoms with Crippen LogP contribution in [0.25, 0.3) is 10.9 Å². The van der Waals surface area contributed by atoms with Crippen LogP contribution >= 0.6 is 23.2 Å². The van der Waals surface area contributed by atoms with Crippen molar-refractivity contribution in [2.24, 2.45) is 0 Å². The second-order valence-electron chi connectivity index (χ2n) is 8.80. The van der Waals surface area contributed by atoms with E-state index in [-0.39, 0.29) is 9.92 Å². The quantitative estimate of drug-likeness (QED) is 0.430. The fourth-order valence-corrected chi connectivity index (χ4v) is 6.02. The van der Waals surface area contributed by atoms with Gasteiger partial charge in [0.2, 0.25) is 0 Å². The Hall–Kier alpha value is -2.42. The molecule has 1 atom stereocenters. The molecule has 33 heavy (non-hydrogen) atoms. The van der Waals surface area contributed by atoms with Gasteiger partial charge < -0.3 is 9.47 Å². The third-order valence-corrected chi connectivity index (χ3v) is 7.78. The number of fused-ring (bicyclic) bond motifs is 3. The Kier molecular flexibility index (Phi) is 6.05. The van der Waals surface area contributed by atoms with Crippen LogP contribution in [0.2, 0.25) is 10.0 Å². The van der Waals surface area contributed by atoms with Gasteiger partial charge in [-0.25, -0.2) is 17.2 Å². The van der Waals surface area contributed by atoms with Crippen molar-refractivity contribution in [1.29, 1.82) is 0 Å². The van der Waals surface area contributed by atoms with Crippen LogP contribution in [0.5, 0.6) is 5.75 Å². The van der Waals surface area contributed by atoms with Crippen LogP contribution in [0.15, 0.2) is 47.5 Å². The zero-order valence-corrected chi connectivity index (χ0v) is 21.0. The zero-order chi connectivity index (χ0) is 24.1. The molecular formula is C23H24Cl2N2O5S. The number of carbonyl (C=O) groups excluding carboxylic acids is 1. The van der Waals surface area contributed by atoms with E-state index in [1.165, 1.54) is 28.4 Å². The fourth-order valence-electron chi connectivity index (χ4n) is 3.92. The Balaban J connectivity index is 1.82. The molecule has 0 saturated heterocycles. The Morgan fingerprint density at radius 3 is 2.55 bits per heavy atom. The van der Waals surface area contributed by atoms with Gasteiger partial charge in [-0.15, -0.1) is 0 Å². The van der Waals surface area contributed by atoms with Crippen molar-refractivity contribution >= 4 is 50.2 Å². The first kappa shape index (κ1) is 23.7. The van der Waals surface area contributed by atoms with E-state index >= 15 is 0 Å². The number of rotatable bonds is 2. The SMILES string of the molecule is CC1c2c(ccc3c2ccn3S(=O)(=O)c2ccc(Cl)cc2Cl)OCCN1C(=O)OC(C)(C)C. The van der Waals surface area contributed by atoms with Crippen LogP contribution in [0.4, 0.5) is 4.79 Å². The van der Waals surface area contributed by atoms with Crippen LogP contribution in [-0.2, 0) is 14.8 Å². The van der Waals surface area contributed by atoms with Gasteiger partial charge in [0.05, 0.1) is 23.1 Å². The highest BCUT2D eigenvalue weighted by Gasteiger charge is 2.33. The Bertz CT molecular complexity index is 1340. The number of aromatic nitrogens is 1. The van der Waals surface area contributed by atoms with Crippen LogP contribution in [0.3, 0.4) is 0 Å². The number of nitrogens with zero attached hydrogens (tertiary/aromatic N) is 2. The van der Waals surface area contributed by atoms with E-state index < -0.39 is 27.8 Å². The molecule has 10 heteroatoms. The standard InChI is InChI=1S/C23H24Cl2N2O5S/c1-14-21-16-9-10-27(33(29,30)20-8-5-15(24)13-17(20)25)18(16)6-7-19(21)31-12-11-26(14)22(28)32-23(2,3)4/h5-10,13-14H,11-12H2,1-4H3. The van der Waals surface area contributed by atoms with Gasteiger partial charge in [0.25, 0.3) is 10.0 Å². The first-order chi connectivity index (χ1) is 15.4. The molecule has 0 bridgehead atoms. The predicted octanol–water partition coefficient (Wildman–Crippen LogP) is 5.88. The molecule has 0 saturated carbocycles. The smallest absolute Gasteiger partial charge is 0.410 e. The van der Waals surface area contributed by atoms with Crippen LogP contribution in [-0.4, -0.2) is 42.1 Å². The second-order valence-corrected chi connectivity index (χ2v) is 11.4. The predicted molar refractivity (Wildman–Crippen MR) is 128 cm³/mol. The van der Waals surface area contributed by atoms with E-state index in [4.69, 9.17) is 32.7 Å². The fraction of sp³-hybridized carbons (Fsp3) is 0.348. The molecule has 2 aromatic carbocycles. The summed E-state index contributed by atoms with van der Waals surface area (Å²) < 4.78 is 39.5. The number of benzene rings is 2. The normalized spacial score (nSPS) is 16.8. The maximum atomic E-state index is 13.4. The van der Waals surface area contributed by atoms with Crippen molar-refractivity contribution in [1.82, 2.24) is 8.87 Å². The minimum absolute atomic E-state index is 0.0342. The van der Waals surface area contributed by atoms with Crippen LogP contribution in [0.1, 0.15) is 39.3 Å². The van der Waals surface area contributed by atoms with Gasteiger partial charge in [-0.05, 0) is 64.1 Å². The highest BCUT2D eigenvalue weighted by Crippen LogP contribution is 2.40. The van der Waals surface area contributed by atoms with Crippen molar-refractivity contribution in [3.63, 3.8) is 0 Å². The van der Waals surface area contributed by atoms with Gasteiger partial charge in [-0.2, -0.15) is 0 Å². The van der Waals surface area contributed by atoms with Gasteiger partial charge in [0, 0.05) is 22.2 Å². The molecule has 1 aliphatic rings. The van der Waals surface area contributed by atoms with E-state index in [1.807, 2.05) is 27.7 Å². The summed E-state index contributed by atoms with van der Waals surface area (Å²) in [5, 5.41) is 1.03. The molecule has 1 amide bonds. The minimum atomic E-state index is -4.00. The molecule has 7 nitrogen and oxygen atoms in total. The lowest BCUT2D eigenvalue weighted by Gasteiger charge is -2.30. The topological polar surface area (TPSA) is 77.8 Å². The molecule has 0 N–H and O–H groups in total. The summed E-state index contributed by atoms with van der Waals surface area (Å²) in [5.74, 6) is 0.598. The molecular weight excluding hydrogens is 487 g/mol. The molecule has 0 aliphatic carbocycles. The lowest BCUT2D eigenvalue weighted by molar-refractivity contribution is 0.0168. The Labute approximate surface area is 202 Å². The molecule has 1 aliphatic heterocycles. The van der Waals surface area contributed by atoms with E-state index in [2.05, 4.69) is 0 Å². The molecule has 0 spiro atoms. The summed E-state index contributed by atoms with van der Waals surface area (Å²) in [6.45, 7) is 7.93. The van der Waals surface area contributed by atoms with Crippen molar-refractivity contribution in [2.75, 3.05) is 13.2 Å². The van der Waals surface area contributed by atoms with E-state index in [9.17, 15) is 13.2 Å². The van der Waals surface area contributed by atoms with Crippen molar-refractivity contribution < 1.29 is 22.7 Å². The number of ether oxygens (including phenoxy) is 2. The third kappa shape index (κ3) is 4.39. The molecule has 2 heterocycles. The largest absolute Gasteiger partial charge is 0.491 e. The first-order valence-electron chi connectivity index (χ1n) is 10.4. The first-order valence-corrected chi connectivity index (χ1v) is 12.6. The average molecular weight is 511 g/mol. The van der Waals surface area contributed by atoms with E-state index in [1.54, 1.807) is 23.1 Å². The van der Waals surface area contributed by atoms with Crippen molar-refractivity contribution in [3.8, 4) is 5.75 Å². The van der Waals surface area contributed by atoms with Gasteiger partial charge >= 0.3 is 6.09 Å². The molecule has 1 unspecified atom stereocenters. The number of hydrogen-bond donors (Lipinski definition) is 0. The monoisotopic (exact) mass is 510 g/mol. The van der Waals surface area contributed by atoms with Gasteiger partial charge in [0.1, 0.15) is 22.9 Å². The maximum Gasteiger partial charge on any atom is 0.410 e. The summed E-state index contributed by atoms with van der Waals surface area (Å²) in [6, 6.07) is 8.96. The zero-order valence-electron chi connectivity index (χ0n) is 18.6. The summed E-state index contributed by atoms with van der Waals surface area (Å²) in [7, 11) is -4.00. The summed E-state index contributed by atoms with van der Waals surface area (Å²) in [5.41, 5.74) is 0.516. The molecule has 0 fully saturated rings. The molecule has 1 aromatic heterocycles. The highest BCUT2D eigenvalue weighted by molar-refractivity contribution is 7.90. The lowest BCUT2D eigenvalue weighted by Crippen LogP contribution is -2.39. The summed E-state index contributed by atoms with van der Waals surface area (Å²) in [4.78, 5) is 14.4. The Morgan fingerprint density at radius 1 is 1.15 bits per heavy atom. The summed E-state index contributed by atoms with van der Waals surface area (Å²) >= 11 is 12.1. The highest BCUT2D eigenvalue weighted by atomic mass is 35.5. The number of halogens is 2. The molecule has 3 aromatic rings. The molecule has 0 radical (unpaired) electrons. The van der Waals surface area contributed by atoms with Gasteiger partial charge in [-0.3, -0.25) is 4.90 Å². The summed E-state index contributed by atoms with van der Waals surface area (Å²) in [6.07, 6.45) is 1.02. The number of amides is 1.